The molecule has 0 fully saturated rings. The molecule has 0 atom stereocenters. The number of fused-ring (bicyclic) bond motifs is 1. The summed E-state index contributed by atoms with van der Waals surface area (Å²) in [5, 5.41) is 5.78. The second kappa shape index (κ2) is 7.68. The third-order valence-electron chi connectivity index (χ3n) is 3.00. The normalized spacial score (nSPS) is 10.2. The highest BCUT2D eigenvalue weighted by Crippen LogP contribution is 2.21. The molecule has 0 N–H and O–H groups in total. The van der Waals surface area contributed by atoms with Gasteiger partial charge in [-0.15, -0.1) is 4.91 Å². The first-order valence-corrected chi connectivity index (χ1v) is 7.59. The Labute approximate surface area is 142 Å². The van der Waals surface area contributed by atoms with Gasteiger partial charge < -0.3 is 4.90 Å². The largest absolute Gasteiger partial charge is 0.326 e. The van der Waals surface area contributed by atoms with Crippen molar-refractivity contribution < 1.29 is 9.59 Å². The quantitative estimate of drug-likeness (QED) is 0.333. The summed E-state index contributed by atoms with van der Waals surface area (Å²) in [6.07, 6.45) is 0. The molecule has 2 amide bonds. The molecule has 1 heterocycles. The van der Waals surface area contributed by atoms with Gasteiger partial charge in [-0.1, -0.05) is 28.1 Å². The summed E-state index contributed by atoms with van der Waals surface area (Å²) in [5.74, 6) is -1.77. The fourth-order valence-electron chi connectivity index (χ4n) is 1.93. The van der Waals surface area contributed by atoms with E-state index in [1.807, 2.05) is 0 Å². The molecule has 124 valence electrons. The summed E-state index contributed by atoms with van der Waals surface area (Å²) < 4.78 is 1.83. The summed E-state index contributed by atoms with van der Waals surface area (Å²) in [7, 11) is 0. The number of rotatable bonds is 6. The van der Waals surface area contributed by atoms with Crippen LogP contribution in [0.5, 0.6) is 0 Å². The third-order valence-corrected chi connectivity index (χ3v) is 4.20. The van der Waals surface area contributed by atoms with Gasteiger partial charge in [0.25, 0.3) is 0 Å². The highest BCUT2D eigenvalue weighted by Gasteiger charge is 2.19. The highest BCUT2D eigenvalue weighted by molar-refractivity contribution is 7.16. The van der Waals surface area contributed by atoms with Crippen molar-refractivity contribution in [1.29, 1.82) is 0 Å². The van der Waals surface area contributed by atoms with Gasteiger partial charge in [0.05, 0.1) is 10.2 Å². The van der Waals surface area contributed by atoms with Crippen molar-refractivity contribution in [2.45, 2.75) is 6.54 Å². The van der Waals surface area contributed by atoms with E-state index in [-0.39, 0.29) is 4.87 Å². The summed E-state index contributed by atoms with van der Waals surface area (Å²) in [6.45, 7) is -1.50. The van der Waals surface area contributed by atoms with Crippen molar-refractivity contribution in [2.75, 3.05) is 13.2 Å². The number of halogens is 1. The van der Waals surface area contributed by atoms with Crippen molar-refractivity contribution in [1.82, 2.24) is 9.47 Å². The number of aromatic nitrogens is 1. The molecule has 0 radical (unpaired) electrons. The van der Waals surface area contributed by atoms with E-state index in [4.69, 9.17) is 17.1 Å². The Morgan fingerprint density at radius 2 is 2.17 bits per heavy atom. The second-order valence-corrected chi connectivity index (χ2v) is 5.94. The molecular weight excluding hydrogens is 360 g/mol. The van der Waals surface area contributed by atoms with Gasteiger partial charge in [0.15, 0.2) is 0 Å². The summed E-state index contributed by atoms with van der Waals surface area (Å²) in [5.41, 5.74) is 8.81. The van der Waals surface area contributed by atoms with Crippen LogP contribution in [0.15, 0.2) is 33.3 Å². The molecule has 0 bridgehead atoms. The van der Waals surface area contributed by atoms with Gasteiger partial charge in [-0.05, 0) is 23.7 Å². The van der Waals surface area contributed by atoms with E-state index in [9.17, 15) is 19.3 Å². The topological polar surface area (TPSA) is 138 Å². The fraction of sp³-hybridized carbons (Fsp3) is 0.250. The Bertz CT molecular complexity index is 916. The minimum Gasteiger partial charge on any atom is -0.326 e. The Kier molecular flexibility index (Phi) is 5.64. The number of carbonyl (C=O) groups excluding carboxylic acids is 2. The molecule has 0 aliphatic rings. The molecule has 0 aliphatic heterocycles. The van der Waals surface area contributed by atoms with E-state index in [0.29, 0.717) is 15.2 Å². The lowest BCUT2D eigenvalue weighted by molar-refractivity contribution is -0.135. The standard InChI is InChI=1S/C12H9ClN6O4S/c13-7-1-2-9-8(3-7)19(12(22)24-9)5-11(21)18(6-15-17-14)4-10(20)16-23/h1-3H,4-6H2. The summed E-state index contributed by atoms with van der Waals surface area (Å²) in [6, 6.07) is 4.81. The van der Waals surface area contributed by atoms with Gasteiger partial charge >= 0.3 is 10.8 Å². The molecule has 2 aromatic rings. The Balaban J connectivity index is 2.31. The van der Waals surface area contributed by atoms with E-state index >= 15 is 0 Å². The number of hydrogen-bond acceptors (Lipinski definition) is 6. The van der Waals surface area contributed by atoms with Crippen molar-refractivity contribution >= 4 is 45.0 Å². The number of nitroso groups, excluding NO2 is 1. The van der Waals surface area contributed by atoms with Crippen LogP contribution in [0.4, 0.5) is 0 Å². The minimum atomic E-state index is -1.10. The van der Waals surface area contributed by atoms with E-state index < -0.39 is 31.6 Å². The maximum atomic E-state index is 12.3. The van der Waals surface area contributed by atoms with Crippen LogP contribution in [0, 0.1) is 4.91 Å². The maximum absolute atomic E-state index is 12.3. The Morgan fingerprint density at radius 1 is 1.42 bits per heavy atom. The zero-order valence-corrected chi connectivity index (χ0v) is 13.5. The minimum absolute atomic E-state index is 0.385. The van der Waals surface area contributed by atoms with Gasteiger partial charge in [-0.25, -0.2) is 0 Å². The SMILES string of the molecule is [N-]=[N+]=NCN(CC(=O)N=O)C(=O)Cn1c(=O)sc2ccc(Cl)cc21. The van der Waals surface area contributed by atoms with Crippen LogP contribution in [0.3, 0.4) is 0 Å². The van der Waals surface area contributed by atoms with Gasteiger partial charge in [0.1, 0.15) is 19.8 Å². The molecular formula is C12H9ClN6O4S. The van der Waals surface area contributed by atoms with Crippen LogP contribution in [-0.4, -0.2) is 34.5 Å². The van der Waals surface area contributed by atoms with Gasteiger partial charge in [-0.3, -0.25) is 19.0 Å². The number of benzene rings is 1. The molecule has 0 saturated heterocycles. The van der Waals surface area contributed by atoms with Crippen LogP contribution >= 0.6 is 22.9 Å². The summed E-state index contributed by atoms with van der Waals surface area (Å²) in [4.78, 5) is 48.6. The first-order chi connectivity index (χ1) is 11.5. The number of thiazole rings is 1. The van der Waals surface area contributed by atoms with Crippen molar-refractivity contribution in [3.63, 3.8) is 0 Å². The van der Waals surface area contributed by atoms with E-state index in [0.717, 1.165) is 16.2 Å². The molecule has 0 spiro atoms. The first kappa shape index (κ1) is 17.6. The molecule has 10 nitrogen and oxygen atoms in total. The predicted molar refractivity (Wildman–Crippen MR) is 87.6 cm³/mol. The monoisotopic (exact) mass is 368 g/mol. The van der Waals surface area contributed by atoms with Crippen molar-refractivity contribution in [3.8, 4) is 0 Å². The zero-order valence-electron chi connectivity index (χ0n) is 12.0. The second-order valence-electron chi connectivity index (χ2n) is 4.52. The lowest BCUT2D eigenvalue weighted by Crippen LogP contribution is -2.38. The van der Waals surface area contributed by atoms with Gasteiger partial charge in [0, 0.05) is 15.1 Å². The Hall–Kier alpha value is -2.75. The predicted octanol–water partition coefficient (Wildman–Crippen LogP) is 2.11. The van der Waals surface area contributed by atoms with E-state index in [1.165, 1.54) is 10.6 Å². The van der Waals surface area contributed by atoms with Crippen LogP contribution < -0.4 is 4.87 Å². The lowest BCUT2D eigenvalue weighted by Gasteiger charge is -2.18. The number of hydrogen-bond donors (Lipinski definition) is 0. The smallest absolute Gasteiger partial charge is 0.308 e. The molecule has 24 heavy (non-hydrogen) atoms. The van der Waals surface area contributed by atoms with Crippen molar-refractivity contribution in [2.24, 2.45) is 10.3 Å². The highest BCUT2D eigenvalue weighted by atomic mass is 35.5. The number of carbonyl (C=O) groups is 2. The molecule has 0 aliphatic carbocycles. The molecule has 2 rings (SSSR count). The number of azide groups is 1. The fourth-order valence-corrected chi connectivity index (χ4v) is 2.97. The van der Waals surface area contributed by atoms with E-state index in [1.54, 1.807) is 12.1 Å². The zero-order chi connectivity index (χ0) is 17.7. The summed E-state index contributed by atoms with van der Waals surface area (Å²) >= 11 is 6.84. The molecule has 0 saturated carbocycles. The van der Waals surface area contributed by atoms with Crippen LogP contribution in [0.1, 0.15) is 0 Å². The molecule has 1 aromatic heterocycles. The molecule has 12 heteroatoms. The molecule has 0 unspecified atom stereocenters. The lowest BCUT2D eigenvalue weighted by atomic mass is 10.3. The van der Waals surface area contributed by atoms with Crippen molar-refractivity contribution in [3.05, 3.63) is 48.2 Å². The maximum Gasteiger partial charge on any atom is 0.308 e. The first-order valence-electron chi connectivity index (χ1n) is 6.40. The average molecular weight is 369 g/mol. The van der Waals surface area contributed by atoms with Gasteiger partial charge in [0.2, 0.25) is 5.91 Å². The van der Waals surface area contributed by atoms with Crippen LogP contribution in [0.2, 0.25) is 5.02 Å². The van der Waals surface area contributed by atoms with E-state index in [2.05, 4.69) is 15.2 Å². The number of amides is 2. The number of nitrogens with zero attached hydrogens (tertiary/aromatic N) is 6. The van der Waals surface area contributed by atoms with Crippen LogP contribution in [-0.2, 0) is 16.1 Å². The average Bonchev–Trinajstić information content (AvgIpc) is 2.86. The third kappa shape index (κ3) is 3.96. The molecule has 1 aromatic carbocycles. The van der Waals surface area contributed by atoms with Crippen LogP contribution in [0.25, 0.3) is 20.7 Å². The Morgan fingerprint density at radius 3 is 2.83 bits per heavy atom. The van der Waals surface area contributed by atoms with Gasteiger partial charge in [-0.2, -0.15) is 0 Å².